The third-order valence-electron chi connectivity index (χ3n) is 7.08. The largest absolute Gasteiger partial charge is 0.354 e. The van der Waals surface area contributed by atoms with Crippen LogP contribution in [0.1, 0.15) is 30.0 Å². The Kier molecular flexibility index (Phi) is 9.91. The number of likely N-dealkylation sites (N-methyl/N-ethyl adjacent to an activating group) is 1. The molecule has 0 aliphatic rings. The van der Waals surface area contributed by atoms with Gasteiger partial charge in [0.2, 0.25) is 21.8 Å². The molecule has 0 aromatic heterocycles. The normalized spacial score (nSPS) is 12.3. The molecule has 8 heteroatoms. The molecule has 0 unspecified atom stereocenters. The van der Waals surface area contributed by atoms with Gasteiger partial charge in [-0.05, 0) is 47.4 Å². The van der Waals surface area contributed by atoms with Crippen molar-refractivity contribution in [3.8, 4) is 0 Å². The van der Waals surface area contributed by atoms with Gasteiger partial charge in [0.05, 0.1) is 11.4 Å². The van der Waals surface area contributed by atoms with Gasteiger partial charge in [-0.2, -0.15) is 4.31 Å². The Morgan fingerprint density at radius 1 is 0.829 bits per heavy atom. The highest BCUT2D eigenvalue weighted by atomic mass is 32.2. The number of sulfonamides is 1. The van der Waals surface area contributed by atoms with Crippen LogP contribution in [-0.4, -0.2) is 55.6 Å². The lowest BCUT2D eigenvalue weighted by Gasteiger charge is -2.32. The number of benzene rings is 4. The van der Waals surface area contributed by atoms with Gasteiger partial charge in [-0.25, -0.2) is 8.42 Å². The van der Waals surface area contributed by atoms with Crippen LogP contribution in [-0.2, 0) is 32.6 Å². The van der Waals surface area contributed by atoms with Crippen molar-refractivity contribution in [1.29, 1.82) is 0 Å². The number of nitrogens with zero attached hydrogens (tertiary/aromatic N) is 2. The Bertz CT molecular complexity index is 1590. The van der Waals surface area contributed by atoms with E-state index in [0.717, 1.165) is 38.2 Å². The van der Waals surface area contributed by atoms with Crippen LogP contribution in [0.15, 0.2) is 102 Å². The Hall–Kier alpha value is -4.01. The highest BCUT2D eigenvalue weighted by molar-refractivity contribution is 7.89. The first kappa shape index (κ1) is 30.0. The number of nitrogens with one attached hydrogen (secondary N) is 1. The van der Waals surface area contributed by atoms with Crippen LogP contribution in [0.5, 0.6) is 0 Å². The van der Waals surface area contributed by atoms with Crippen molar-refractivity contribution in [1.82, 2.24) is 14.5 Å². The summed E-state index contributed by atoms with van der Waals surface area (Å²) in [4.78, 5) is 29.1. The van der Waals surface area contributed by atoms with Gasteiger partial charge in [0.1, 0.15) is 6.04 Å². The molecule has 0 saturated carbocycles. The van der Waals surface area contributed by atoms with Crippen molar-refractivity contribution in [2.45, 2.75) is 44.2 Å². The standard InChI is InChI=1S/C33H37N3O4S/c1-4-20-34-33(38)31(21-26-10-6-5-7-11-26)36(23-27-16-14-25(2)15-17-27)32(37)24-35(3)41(39,40)30-19-18-28-12-8-9-13-29(28)22-30/h5-19,22,31H,4,20-21,23-24H2,1-3H3,(H,34,38)/t31-/m1/s1. The average molecular weight is 572 g/mol. The molecule has 41 heavy (non-hydrogen) atoms. The molecule has 7 nitrogen and oxygen atoms in total. The summed E-state index contributed by atoms with van der Waals surface area (Å²) in [6.07, 6.45) is 1.05. The molecule has 0 spiro atoms. The van der Waals surface area contributed by atoms with E-state index in [9.17, 15) is 18.0 Å². The average Bonchev–Trinajstić information content (AvgIpc) is 2.98. The lowest BCUT2D eigenvalue weighted by molar-refractivity contribution is -0.141. The topological polar surface area (TPSA) is 86.8 Å². The number of aryl methyl sites for hydroxylation is 1. The van der Waals surface area contributed by atoms with Gasteiger partial charge in [0.15, 0.2) is 0 Å². The van der Waals surface area contributed by atoms with E-state index in [1.807, 2.05) is 92.7 Å². The summed E-state index contributed by atoms with van der Waals surface area (Å²) in [5.41, 5.74) is 2.84. The fraction of sp³-hybridized carbons (Fsp3) is 0.273. The van der Waals surface area contributed by atoms with E-state index in [1.165, 1.54) is 11.9 Å². The molecule has 0 fully saturated rings. The lowest BCUT2D eigenvalue weighted by atomic mass is 10.0. The predicted octanol–water partition coefficient (Wildman–Crippen LogP) is 4.94. The fourth-order valence-electron chi connectivity index (χ4n) is 4.68. The molecule has 0 saturated heterocycles. The maximum Gasteiger partial charge on any atom is 0.243 e. The molecule has 0 bridgehead atoms. The van der Waals surface area contributed by atoms with Gasteiger partial charge in [0, 0.05) is 26.6 Å². The van der Waals surface area contributed by atoms with E-state index in [-0.39, 0.29) is 17.3 Å². The van der Waals surface area contributed by atoms with Crippen LogP contribution in [0.3, 0.4) is 0 Å². The van der Waals surface area contributed by atoms with Crippen molar-refractivity contribution < 1.29 is 18.0 Å². The first-order valence-corrected chi connectivity index (χ1v) is 15.2. The van der Waals surface area contributed by atoms with Gasteiger partial charge in [-0.15, -0.1) is 0 Å². The zero-order chi connectivity index (χ0) is 29.4. The smallest absolute Gasteiger partial charge is 0.243 e. The SMILES string of the molecule is CCCNC(=O)[C@@H](Cc1ccccc1)N(Cc1ccc(C)cc1)C(=O)CN(C)S(=O)(=O)c1ccc2ccccc2c1. The van der Waals surface area contributed by atoms with Crippen LogP contribution in [0.4, 0.5) is 0 Å². The third-order valence-corrected chi connectivity index (χ3v) is 8.88. The van der Waals surface area contributed by atoms with Crippen molar-refractivity contribution >= 4 is 32.6 Å². The molecule has 4 aromatic rings. The van der Waals surface area contributed by atoms with Gasteiger partial charge < -0.3 is 10.2 Å². The molecule has 1 atom stereocenters. The molecule has 2 amide bonds. The number of carbonyl (C=O) groups is 2. The van der Waals surface area contributed by atoms with Crippen LogP contribution in [0.2, 0.25) is 0 Å². The molecule has 4 rings (SSSR count). The maximum atomic E-state index is 14.0. The number of amides is 2. The summed E-state index contributed by atoms with van der Waals surface area (Å²) in [5, 5.41) is 4.67. The van der Waals surface area contributed by atoms with Crippen LogP contribution >= 0.6 is 0 Å². The second-order valence-electron chi connectivity index (χ2n) is 10.3. The molecular weight excluding hydrogens is 534 g/mol. The number of carbonyl (C=O) groups excluding carboxylic acids is 2. The van der Waals surface area contributed by atoms with Crippen molar-refractivity contribution in [2.24, 2.45) is 0 Å². The summed E-state index contributed by atoms with van der Waals surface area (Å²) in [6, 6.07) is 28.9. The molecule has 0 aliphatic carbocycles. The van der Waals surface area contributed by atoms with Gasteiger partial charge in [0.25, 0.3) is 0 Å². The number of rotatable bonds is 12. The number of hydrogen-bond donors (Lipinski definition) is 1. The quantitative estimate of drug-likeness (QED) is 0.261. The summed E-state index contributed by atoms with van der Waals surface area (Å²) in [6.45, 7) is 4.18. The first-order chi connectivity index (χ1) is 19.7. The Labute approximate surface area is 242 Å². The van der Waals surface area contributed by atoms with Crippen LogP contribution in [0.25, 0.3) is 10.8 Å². The molecule has 4 aromatic carbocycles. The van der Waals surface area contributed by atoms with Crippen LogP contribution in [0, 0.1) is 6.92 Å². The lowest BCUT2D eigenvalue weighted by Crippen LogP contribution is -2.53. The first-order valence-electron chi connectivity index (χ1n) is 13.8. The minimum Gasteiger partial charge on any atom is -0.354 e. The predicted molar refractivity (Wildman–Crippen MR) is 163 cm³/mol. The fourth-order valence-corrected chi connectivity index (χ4v) is 5.84. The second-order valence-corrected chi connectivity index (χ2v) is 12.3. The summed E-state index contributed by atoms with van der Waals surface area (Å²) < 4.78 is 28.1. The van der Waals surface area contributed by atoms with Gasteiger partial charge in [-0.3, -0.25) is 9.59 Å². The van der Waals surface area contributed by atoms with E-state index in [0.29, 0.717) is 13.0 Å². The maximum absolute atomic E-state index is 14.0. The highest BCUT2D eigenvalue weighted by Crippen LogP contribution is 2.22. The summed E-state index contributed by atoms with van der Waals surface area (Å²) in [7, 11) is -2.57. The summed E-state index contributed by atoms with van der Waals surface area (Å²) >= 11 is 0. The van der Waals surface area contributed by atoms with Crippen molar-refractivity contribution in [3.63, 3.8) is 0 Å². The third kappa shape index (κ3) is 7.60. The van der Waals surface area contributed by atoms with E-state index in [2.05, 4.69) is 5.32 Å². The molecule has 0 aliphatic heterocycles. The zero-order valence-electron chi connectivity index (χ0n) is 23.8. The second kappa shape index (κ2) is 13.6. The Balaban J connectivity index is 1.65. The number of hydrogen-bond acceptors (Lipinski definition) is 4. The minimum atomic E-state index is -3.97. The minimum absolute atomic E-state index is 0.109. The van der Waals surface area contributed by atoms with Gasteiger partial charge in [-0.1, -0.05) is 97.4 Å². The molecule has 0 radical (unpaired) electrons. The monoisotopic (exact) mass is 571 g/mol. The number of fused-ring (bicyclic) bond motifs is 1. The highest BCUT2D eigenvalue weighted by Gasteiger charge is 2.33. The van der Waals surface area contributed by atoms with E-state index in [1.54, 1.807) is 18.2 Å². The van der Waals surface area contributed by atoms with E-state index in [4.69, 9.17) is 0 Å². The van der Waals surface area contributed by atoms with Gasteiger partial charge >= 0.3 is 0 Å². The van der Waals surface area contributed by atoms with Crippen molar-refractivity contribution in [3.05, 3.63) is 114 Å². The van der Waals surface area contributed by atoms with E-state index < -0.39 is 28.5 Å². The van der Waals surface area contributed by atoms with E-state index >= 15 is 0 Å². The Morgan fingerprint density at radius 3 is 2.17 bits per heavy atom. The molecular formula is C33H37N3O4S. The zero-order valence-corrected chi connectivity index (χ0v) is 24.6. The van der Waals surface area contributed by atoms with Crippen LogP contribution < -0.4 is 5.32 Å². The Morgan fingerprint density at radius 2 is 1.49 bits per heavy atom. The molecule has 1 N–H and O–H groups in total. The molecule has 0 heterocycles. The molecule has 214 valence electrons. The summed E-state index contributed by atoms with van der Waals surface area (Å²) in [5.74, 6) is -0.721. The van der Waals surface area contributed by atoms with Crippen molar-refractivity contribution in [2.75, 3.05) is 20.1 Å².